The van der Waals surface area contributed by atoms with Crippen molar-refractivity contribution in [3.63, 3.8) is 0 Å². The van der Waals surface area contributed by atoms with Crippen molar-refractivity contribution in [2.45, 2.75) is 26.2 Å². The van der Waals surface area contributed by atoms with Crippen molar-refractivity contribution < 1.29 is 9.59 Å². The van der Waals surface area contributed by atoms with E-state index >= 15 is 0 Å². The van der Waals surface area contributed by atoms with Crippen LogP contribution in [0.2, 0.25) is 5.02 Å². The van der Waals surface area contributed by atoms with Crippen LogP contribution in [0.15, 0.2) is 42.5 Å². The van der Waals surface area contributed by atoms with Gasteiger partial charge in [-0.05, 0) is 41.3 Å². The van der Waals surface area contributed by atoms with Gasteiger partial charge in [0, 0.05) is 37.4 Å². The molecule has 1 heterocycles. The molecule has 2 aromatic carbocycles. The van der Waals surface area contributed by atoms with Gasteiger partial charge in [-0.1, -0.05) is 44.5 Å². The molecule has 28 heavy (non-hydrogen) atoms. The molecule has 0 aliphatic carbocycles. The van der Waals surface area contributed by atoms with Crippen LogP contribution in [0, 0.1) is 0 Å². The third kappa shape index (κ3) is 4.72. The second-order valence-electron chi connectivity index (χ2n) is 8.02. The number of rotatable bonds is 3. The largest absolute Gasteiger partial charge is 0.336 e. The number of carbonyl (C=O) groups is 2. The van der Waals surface area contributed by atoms with E-state index in [1.54, 1.807) is 23.1 Å². The Morgan fingerprint density at radius 2 is 1.68 bits per heavy atom. The predicted molar refractivity (Wildman–Crippen MR) is 113 cm³/mol. The number of anilines is 1. The van der Waals surface area contributed by atoms with E-state index in [0.29, 0.717) is 34.9 Å². The summed E-state index contributed by atoms with van der Waals surface area (Å²) in [6.45, 7) is 9.29. The zero-order chi connectivity index (χ0) is 20.3. The molecule has 1 aliphatic rings. The van der Waals surface area contributed by atoms with Crippen molar-refractivity contribution in [2.24, 2.45) is 0 Å². The molecule has 0 spiro atoms. The summed E-state index contributed by atoms with van der Waals surface area (Å²) in [6, 6.07) is 12.6. The summed E-state index contributed by atoms with van der Waals surface area (Å²) in [5, 5.41) is 6.40. The van der Waals surface area contributed by atoms with E-state index in [2.05, 4.69) is 31.4 Å². The quantitative estimate of drug-likeness (QED) is 0.821. The van der Waals surface area contributed by atoms with Gasteiger partial charge in [-0.15, -0.1) is 0 Å². The van der Waals surface area contributed by atoms with Crippen LogP contribution in [-0.4, -0.2) is 42.9 Å². The Hall–Kier alpha value is -2.37. The fourth-order valence-corrected chi connectivity index (χ4v) is 3.39. The first kappa shape index (κ1) is 20.4. The molecule has 2 N–H and O–H groups in total. The van der Waals surface area contributed by atoms with Crippen LogP contribution in [0.25, 0.3) is 0 Å². The summed E-state index contributed by atoms with van der Waals surface area (Å²) in [5.41, 5.74) is 2.80. The highest BCUT2D eigenvalue weighted by molar-refractivity contribution is 6.34. The molecule has 0 bridgehead atoms. The molecule has 2 amide bonds. The van der Waals surface area contributed by atoms with Crippen molar-refractivity contribution in [2.75, 3.05) is 31.5 Å². The Balaban J connectivity index is 1.70. The number of benzene rings is 2. The average molecular weight is 400 g/mol. The molecule has 3 rings (SSSR count). The van der Waals surface area contributed by atoms with Crippen LogP contribution in [0.5, 0.6) is 0 Å². The van der Waals surface area contributed by atoms with Crippen molar-refractivity contribution in [1.29, 1.82) is 0 Å². The highest BCUT2D eigenvalue weighted by Gasteiger charge is 2.20. The number of amides is 2. The predicted octanol–water partition coefficient (Wildman–Crippen LogP) is 3.94. The van der Waals surface area contributed by atoms with E-state index in [4.69, 9.17) is 11.6 Å². The Bertz CT molecular complexity index is 866. The molecule has 0 saturated carbocycles. The molecule has 5 nitrogen and oxygen atoms in total. The van der Waals surface area contributed by atoms with E-state index in [0.717, 1.165) is 13.1 Å². The van der Waals surface area contributed by atoms with Gasteiger partial charge in [-0.25, -0.2) is 0 Å². The second kappa shape index (κ2) is 8.33. The van der Waals surface area contributed by atoms with Gasteiger partial charge >= 0.3 is 0 Å². The number of nitrogens with zero attached hydrogens (tertiary/aromatic N) is 1. The summed E-state index contributed by atoms with van der Waals surface area (Å²) >= 11 is 6.33. The van der Waals surface area contributed by atoms with Gasteiger partial charge in [0.1, 0.15) is 0 Å². The number of piperazine rings is 1. The molecule has 1 fully saturated rings. The molecule has 148 valence electrons. The van der Waals surface area contributed by atoms with Crippen molar-refractivity contribution >= 4 is 29.1 Å². The van der Waals surface area contributed by atoms with Crippen LogP contribution >= 0.6 is 11.6 Å². The second-order valence-corrected chi connectivity index (χ2v) is 8.43. The molecule has 0 unspecified atom stereocenters. The summed E-state index contributed by atoms with van der Waals surface area (Å²) in [6.07, 6.45) is 0. The lowest BCUT2D eigenvalue weighted by molar-refractivity contribution is 0.0736. The van der Waals surface area contributed by atoms with Crippen LogP contribution < -0.4 is 10.6 Å². The molecule has 0 aromatic heterocycles. The first-order chi connectivity index (χ1) is 13.3. The van der Waals surface area contributed by atoms with E-state index in [1.165, 1.54) is 5.56 Å². The lowest BCUT2D eigenvalue weighted by atomic mass is 9.87. The van der Waals surface area contributed by atoms with Gasteiger partial charge in [0.2, 0.25) is 0 Å². The maximum absolute atomic E-state index is 12.6. The summed E-state index contributed by atoms with van der Waals surface area (Å²) in [5.74, 6) is -0.292. The normalized spacial score (nSPS) is 14.6. The number of halogens is 1. The van der Waals surface area contributed by atoms with E-state index in [1.807, 2.05) is 24.3 Å². The van der Waals surface area contributed by atoms with E-state index in [-0.39, 0.29) is 17.2 Å². The number of nitrogens with one attached hydrogen (secondary N) is 2. The van der Waals surface area contributed by atoms with Crippen LogP contribution in [0.3, 0.4) is 0 Å². The molecule has 1 saturated heterocycles. The molecule has 2 aromatic rings. The third-order valence-electron chi connectivity index (χ3n) is 4.87. The van der Waals surface area contributed by atoms with Crippen LogP contribution in [-0.2, 0) is 5.41 Å². The zero-order valence-electron chi connectivity index (χ0n) is 16.5. The van der Waals surface area contributed by atoms with Gasteiger partial charge in [0.25, 0.3) is 11.8 Å². The van der Waals surface area contributed by atoms with Crippen molar-refractivity contribution in [3.8, 4) is 0 Å². The van der Waals surface area contributed by atoms with E-state index in [9.17, 15) is 9.59 Å². The van der Waals surface area contributed by atoms with Crippen molar-refractivity contribution in [1.82, 2.24) is 10.2 Å². The Kier molecular flexibility index (Phi) is 6.06. The zero-order valence-corrected chi connectivity index (χ0v) is 17.3. The maximum Gasteiger partial charge on any atom is 0.255 e. The topological polar surface area (TPSA) is 61.4 Å². The fourth-order valence-electron chi connectivity index (χ4n) is 3.13. The van der Waals surface area contributed by atoms with Gasteiger partial charge in [-0.3, -0.25) is 9.59 Å². The first-order valence-corrected chi connectivity index (χ1v) is 9.85. The third-order valence-corrected chi connectivity index (χ3v) is 5.19. The lowest BCUT2D eigenvalue weighted by Crippen LogP contribution is -2.46. The highest BCUT2D eigenvalue weighted by atomic mass is 35.5. The average Bonchev–Trinajstić information content (AvgIpc) is 2.68. The van der Waals surface area contributed by atoms with Gasteiger partial charge < -0.3 is 15.5 Å². The van der Waals surface area contributed by atoms with Crippen LogP contribution in [0.4, 0.5) is 5.69 Å². The Morgan fingerprint density at radius 1 is 1.04 bits per heavy atom. The first-order valence-electron chi connectivity index (χ1n) is 9.47. The summed E-state index contributed by atoms with van der Waals surface area (Å²) < 4.78 is 0. The van der Waals surface area contributed by atoms with Gasteiger partial charge in [0.15, 0.2) is 0 Å². The number of hydrogen-bond acceptors (Lipinski definition) is 3. The highest BCUT2D eigenvalue weighted by Crippen LogP contribution is 2.24. The SMILES string of the molecule is CC(C)(C)c1ccc(C(=O)Nc2ccc(C(=O)N3CCNCC3)c(Cl)c2)cc1. The van der Waals surface area contributed by atoms with Crippen molar-refractivity contribution in [3.05, 3.63) is 64.2 Å². The summed E-state index contributed by atoms with van der Waals surface area (Å²) in [7, 11) is 0. The monoisotopic (exact) mass is 399 g/mol. The number of hydrogen-bond donors (Lipinski definition) is 2. The Morgan fingerprint density at radius 3 is 2.25 bits per heavy atom. The van der Waals surface area contributed by atoms with E-state index < -0.39 is 0 Å². The molecule has 0 atom stereocenters. The smallest absolute Gasteiger partial charge is 0.255 e. The molecular weight excluding hydrogens is 374 g/mol. The standard InChI is InChI=1S/C22H26ClN3O2/c1-22(2,3)16-6-4-15(5-7-16)20(27)25-17-8-9-18(19(23)14-17)21(28)26-12-10-24-11-13-26/h4-9,14,24H,10-13H2,1-3H3,(H,25,27). The lowest BCUT2D eigenvalue weighted by Gasteiger charge is -2.27. The minimum atomic E-state index is -0.210. The minimum Gasteiger partial charge on any atom is -0.336 e. The molecule has 6 heteroatoms. The maximum atomic E-state index is 12.6. The van der Waals surface area contributed by atoms with Gasteiger partial charge in [0.05, 0.1) is 10.6 Å². The molecule has 1 aliphatic heterocycles. The van der Waals surface area contributed by atoms with Gasteiger partial charge in [-0.2, -0.15) is 0 Å². The minimum absolute atomic E-state index is 0.0370. The fraction of sp³-hybridized carbons (Fsp3) is 0.364. The number of carbonyl (C=O) groups excluding carboxylic acids is 2. The Labute approximate surface area is 171 Å². The summed E-state index contributed by atoms with van der Waals surface area (Å²) in [4.78, 5) is 26.9. The van der Waals surface area contributed by atoms with Crippen LogP contribution in [0.1, 0.15) is 47.1 Å². The molecule has 0 radical (unpaired) electrons. The molecular formula is C22H26ClN3O2.